The predicted molar refractivity (Wildman–Crippen MR) is 91.1 cm³/mol. The molecule has 0 aliphatic carbocycles. The third-order valence-electron chi connectivity index (χ3n) is 3.67. The number of carbonyl (C=O) groups excluding carboxylic acids is 2. The number of rotatable bonds is 3. The maximum atomic E-state index is 12.2. The fraction of sp³-hybridized carbons (Fsp3) is 0.111. The Balaban J connectivity index is 1.48. The summed E-state index contributed by atoms with van der Waals surface area (Å²) >= 11 is 1.45. The van der Waals surface area contributed by atoms with E-state index in [4.69, 9.17) is 9.15 Å². The molecule has 0 bridgehead atoms. The first-order chi connectivity index (χ1) is 11.7. The van der Waals surface area contributed by atoms with Crippen LogP contribution in [0.3, 0.4) is 0 Å². The van der Waals surface area contributed by atoms with E-state index in [9.17, 15) is 9.59 Å². The van der Waals surface area contributed by atoms with Gasteiger partial charge in [-0.3, -0.25) is 4.79 Å². The quantitative estimate of drug-likeness (QED) is 0.735. The molecule has 24 heavy (non-hydrogen) atoms. The number of furan rings is 1. The molecule has 0 radical (unpaired) electrons. The second-order valence-corrected chi connectivity index (χ2v) is 6.39. The van der Waals surface area contributed by atoms with E-state index in [0.29, 0.717) is 22.8 Å². The Morgan fingerprint density at radius 1 is 1.21 bits per heavy atom. The van der Waals surface area contributed by atoms with E-state index in [-0.39, 0.29) is 12.5 Å². The van der Waals surface area contributed by atoms with Crippen LogP contribution in [-0.2, 0) is 16.1 Å². The molecule has 0 fully saturated rings. The molecule has 0 spiro atoms. The Hall–Kier alpha value is -2.73. The number of ether oxygens (including phenoxy) is 1. The molecule has 120 valence electrons. The fourth-order valence-corrected chi connectivity index (χ4v) is 3.33. The minimum Gasteiger partial charge on any atom is -0.457 e. The summed E-state index contributed by atoms with van der Waals surface area (Å²) in [6.07, 6.45) is 0. The largest absolute Gasteiger partial charge is 0.457 e. The summed E-state index contributed by atoms with van der Waals surface area (Å²) in [4.78, 5) is 24.6. The number of esters is 1. The van der Waals surface area contributed by atoms with Crippen LogP contribution >= 0.6 is 11.8 Å². The smallest absolute Gasteiger partial charge is 0.338 e. The molecule has 5 nitrogen and oxygen atoms in total. The highest BCUT2D eigenvalue weighted by Gasteiger charge is 2.18. The first-order valence-electron chi connectivity index (χ1n) is 7.40. The average Bonchev–Trinajstić information content (AvgIpc) is 3.02. The van der Waals surface area contributed by atoms with E-state index in [0.717, 1.165) is 15.9 Å². The van der Waals surface area contributed by atoms with Crippen LogP contribution in [0.1, 0.15) is 16.1 Å². The van der Waals surface area contributed by atoms with E-state index < -0.39 is 5.97 Å². The van der Waals surface area contributed by atoms with Gasteiger partial charge in [-0.05, 0) is 30.3 Å². The van der Waals surface area contributed by atoms with Crippen molar-refractivity contribution in [2.24, 2.45) is 0 Å². The van der Waals surface area contributed by atoms with Crippen molar-refractivity contribution in [1.29, 1.82) is 0 Å². The third-order valence-corrected chi connectivity index (χ3v) is 4.74. The Labute approximate surface area is 142 Å². The van der Waals surface area contributed by atoms with Gasteiger partial charge in [0, 0.05) is 10.3 Å². The highest BCUT2D eigenvalue weighted by Crippen LogP contribution is 2.32. The number of hydrogen-bond donors (Lipinski definition) is 1. The van der Waals surface area contributed by atoms with E-state index in [2.05, 4.69) is 5.32 Å². The molecule has 0 unspecified atom stereocenters. The van der Waals surface area contributed by atoms with Gasteiger partial charge in [0.1, 0.15) is 18.0 Å². The Bertz CT molecular complexity index is 914. The van der Waals surface area contributed by atoms with Gasteiger partial charge in [0.2, 0.25) is 5.91 Å². The van der Waals surface area contributed by atoms with Crippen molar-refractivity contribution >= 4 is 40.3 Å². The van der Waals surface area contributed by atoms with Crippen LogP contribution in [0.2, 0.25) is 0 Å². The molecule has 4 rings (SSSR count). The molecular formula is C18H13NO4S. The van der Waals surface area contributed by atoms with Crippen molar-refractivity contribution in [2.45, 2.75) is 11.5 Å². The second kappa shape index (κ2) is 6.05. The lowest BCUT2D eigenvalue weighted by atomic mass is 10.2. The van der Waals surface area contributed by atoms with Gasteiger partial charge < -0.3 is 14.5 Å². The van der Waals surface area contributed by atoms with Crippen molar-refractivity contribution in [2.75, 3.05) is 11.1 Å². The Morgan fingerprint density at radius 3 is 2.96 bits per heavy atom. The molecule has 2 aromatic carbocycles. The minimum atomic E-state index is -0.455. The molecule has 0 saturated heterocycles. The van der Waals surface area contributed by atoms with Crippen molar-refractivity contribution in [3.8, 4) is 0 Å². The van der Waals surface area contributed by atoms with Crippen molar-refractivity contribution in [3.63, 3.8) is 0 Å². The SMILES string of the molecule is O=C1CSc2ccc(C(=O)OCc3cc4ccccc4o3)cc2N1. The van der Waals surface area contributed by atoms with E-state index >= 15 is 0 Å². The summed E-state index contributed by atoms with van der Waals surface area (Å²) in [5.74, 6) is 0.456. The molecular weight excluding hydrogens is 326 g/mol. The number of amides is 1. The first-order valence-corrected chi connectivity index (χ1v) is 8.39. The van der Waals surface area contributed by atoms with Gasteiger partial charge >= 0.3 is 5.97 Å². The average molecular weight is 339 g/mol. The summed E-state index contributed by atoms with van der Waals surface area (Å²) in [6, 6.07) is 14.6. The van der Waals surface area contributed by atoms with Crippen LogP contribution in [-0.4, -0.2) is 17.6 Å². The van der Waals surface area contributed by atoms with Crippen LogP contribution in [0.15, 0.2) is 57.8 Å². The highest BCUT2D eigenvalue weighted by molar-refractivity contribution is 8.00. The number of hydrogen-bond acceptors (Lipinski definition) is 5. The topological polar surface area (TPSA) is 68.5 Å². The van der Waals surface area contributed by atoms with Gasteiger partial charge in [-0.25, -0.2) is 4.79 Å². The van der Waals surface area contributed by atoms with E-state index in [1.165, 1.54) is 11.8 Å². The van der Waals surface area contributed by atoms with Crippen LogP contribution in [0.5, 0.6) is 0 Å². The van der Waals surface area contributed by atoms with Gasteiger partial charge in [0.05, 0.1) is 17.0 Å². The molecule has 0 atom stereocenters. The number of carbonyl (C=O) groups is 2. The number of benzene rings is 2. The number of thioether (sulfide) groups is 1. The lowest BCUT2D eigenvalue weighted by molar-refractivity contribution is -0.113. The lowest BCUT2D eigenvalue weighted by Crippen LogP contribution is -2.19. The molecule has 6 heteroatoms. The Morgan fingerprint density at radius 2 is 2.08 bits per heavy atom. The first kappa shape index (κ1) is 14.8. The van der Waals surface area contributed by atoms with E-state index in [1.807, 2.05) is 36.4 Å². The monoisotopic (exact) mass is 339 g/mol. The number of fused-ring (bicyclic) bond motifs is 2. The van der Waals surface area contributed by atoms with Crippen LogP contribution < -0.4 is 5.32 Å². The molecule has 1 amide bonds. The molecule has 0 saturated carbocycles. The molecule has 1 aromatic heterocycles. The summed E-state index contributed by atoms with van der Waals surface area (Å²) in [7, 11) is 0. The van der Waals surface area contributed by atoms with E-state index in [1.54, 1.807) is 12.1 Å². The molecule has 3 aromatic rings. The fourth-order valence-electron chi connectivity index (χ4n) is 2.54. The summed E-state index contributed by atoms with van der Waals surface area (Å²) in [5.41, 5.74) is 1.80. The normalized spacial score (nSPS) is 13.4. The number of anilines is 1. The van der Waals surface area contributed by atoms with Gasteiger partial charge in [0.25, 0.3) is 0 Å². The van der Waals surface area contributed by atoms with Crippen molar-refractivity contribution < 1.29 is 18.7 Å². The zero-order valence-electron chi connectivity index (χ0n) is 12.6. The second-order valence-electron chi connectivity index (χ2n) is 5.37. The van der Waals surface area contributed by atoms with Crippen molar-refractivity contribution in [1.82, 2.24) is 0 Å². The molecule has 1 aliphatic rings. The van der Waals surface area contributed by atoms with Gasteiger partial charge in [-0.2, -0.15) is 0 Å². The maximum absolute atomic E-state index is 12.2. The number of para-hydroxylation sites is 1. The van der Waals surface area contributed by atoms with Crippen LogP contribution in [0, 0.1) is 0 Å². The van der Waals surface area contributed by atoms with Gasteiger partial charge in [-0.15, -0.1) is 11.8 Å². The predicted octanol–water partition coefficient (Wildman–Crippen LogP) is 3.83. The Kier molecular flexibility index (Phi) is 3.74. The third kappa shape index (κ3) is 2.88. The van der Waals surface area contributed by atoms with Crippen LogP contribution in [0.25, 0.3) is 11.0 Å². The molecule has 2 heterocycles. The molecule has 1 aliphatic heterocycles. The highest BCUT2D eigenvalue weighted by atomic mass is 32.2. The summed E-state index contributed by atoms with van der Waals surface area (Å²) in [5, 5.41) is 3.73. The van der Waals surface area contributed by atoms with Crippen LogP contribution in [0.4, 0.5) is 5.69 Å². The zero-order chi connectivity index (χ0) is 16.5. The minimum absolute atomic E-state index is 0.0612. The lowest BCUT2D eigenvalue weighted by Gasteiger charge is -2.16. The zero-order valence-corrected chi connectivity index (χ0v) is 13.4. The molecule has 1 N–H and O–H groups in total. The number of nitrogens with one attached hydrogen (secondary N) is 1. The van der Waals surface area contributed by atoms with Crippen molar-refractivity contribution in [3.05, 3.63) is 59.9 Å². The summed E-state index contributed by atoms with van der Waals surface area (Å²) in [6.45, 7) is 0.0612. The van der Waals surface area contributed by atoms with Gasteiger partial charge in [0.15, 0.2) is 0 Å². The summed E-state index contributed by atoms with van der Waals surface area (Å²) < 4.78 is 10.9. The van der Waals surface area contributed by atoms with Gasteiger partial charge in [-0.1, -0.05) is 18.2 Å². The standard InChI is InChI=1S/C18H13NO4S/c20-17-10-24-16-6-5-12(8-14(16)19-17)18(21)22-9-13-7-11-3-1-2-4-15(11)23-13/h1-8H,9-10H2,(H,19,20). The maximum Gasteiger partial charge on any atom is 0.338 e.